The van der Waals surface area contributed by atoms with E-state index in [0.717, 1.165) is 24.3 Å². The lowest BCUT2D eigenvalue weighted by Gasteiger charge is -2.16. The molecule has 0 unspecified atom stereocenters. The van der Waals surface area contributed by atoms with E-state index in [2.05, 4.69) is 15.6 Å². The van der Waals surface area contributed by atoms with Gasteiger partial charge in [0.15, 0.2) is 5.96 Å². The molecule has 160 valence electrons. The number of likely N-dealkylation sites (tertiary alicyclic amines) is 1. The number of aliphatic imine (C=N–C) groups is 1. The zero-order valence-electron chi connectivity index (χ0n) is 17.4. The zero-order valence-corrected chi connectivity index (χ0v) is 17.4. The van der Waals surface area contributed by atoms with Crippen LogP contribution >= 0.6 is 0 Å². The van der Waals surface area contributed by atoms with Crippen LogP contribution in [0.1, 0.15) is 38.2 Å². The van der Waals surface area contributed by atoms with Crippen LogP contribution in [0, 0.1) is 0 Å². The number of amides is 2. The highest BCUT2D eigenvalue weighted by molar-refractivity contribution is 6.01. The molecule has 1 aliphatic heterocycles. The summed E-state index contributed by atoms with van der Waals surface area (Å²) in [5.74, 6) is 1.38. The highest BCUT2D eigenvalue weighted by Crippen LogP contribution is 2.12. The number of ether oxygens (including phenoxy) is 2. The van der Waals surface area contributed by atoms with Crippen molar-refractivity contribution in [1.29, 1.82) is 0 Å². The van der Waals surface area contributed by atoms with Gasteiger partial charge < -0.3 is 20.1 Å². The summed E-state index contributed by atoms with van der Waals surface area (Å²) < 4.78 is 10.5. The number of carbonyl (C=O) groups excluding carboxylic acids is 2. The Morgan fingerprint density at radius 1 is 1.07 bits per heavy atom. The van der Waals surface area contributed by atoms with Gasteiger partial charge in [0.2, 0.25) is 11.8 Å². The molecule has 8 heteroatoms. The zero-order chi connectivity index (χ0) is 20.9. The molecule has 0 saturated carbocycles. The van der Waals surface area contributed by atoms with Gasteiger partial charge in [-0.05, 0) is 37.5 Å². The fraction of sp³-hybridized carbons (Fsp3) is 0.571. The lowest BCUT2D eigenvalue weighted by atomic mass is 10.2. The molecule has 0 aliphatic carbocycles. The van der Waals surface area contributed by atoms with E-state index in [4.69, 9.17) is 9.47 Å². The normalized spacial score (nSPS) is 14.4. The Hall–Kier alpha value is -2.61. The maximum atomic E-state index is 11.7. The van der Waals surface area contributed by atoms with Gasteiger partial charge in [-0.25, -0.2) is 4.99 Å². The summed E-state index contributed by atoms with van der Waals surface area (Å²) in [4.78, 5) is 29.3. The summed E-state index contributed by atoms with van der Waals surface area (Å²) in [6, 6.07) is 7.80. The molecule has 0 radical (unpaired) electrons. The fourth-order valence-corrected chi connectivity index (χ4v) is 2.92. The molecule has 2 N–H and O–H groups in total. The number of hydrogen-bond acceptors (Lipinski definition) is 5. The Morgan fingerprint density at radius 3 is 2.34 bits per heavy atom. The molecule has 1 aliphatic rings. The number of benzene rings is 1. The number of carbonyl (C=O) groups is 2. The number of guanidine groups is 1. The predicted molar refractivity (Wildman–Crippen MR) is 112 cm³/mol. The molecule has 29 heavy (non-hydrogen) atoms. The van der Waals surface area contributed by atoms with Crippen LogP contribution < -0.4 is 15.4 Å². The van der Waals surface area contributed by atoms with E-state index in [1.807, 2.05) is 31.2 Å². The molecule has 1 saturated heterocycles. The molecule has 0 aromatic heterocycles. The molecule has 0 atom stereocenters. The fourth-order valence-electron chi connectivity index (χ4n) is 2.92. The second-order valence-electron chi connectivity index (χ2n) is 6.71. The van der Waals surface area contributed by atoms with Crippen molar-refractivity contribution < 1.29 is 19.1 Å². The van der Waals surface area contributed by atoms with Crippen molar-refractivity contribution in [2.75, 3.05) is 40.0 Å². The molecule has 0 bridgehead atoms. The van der Waals surface area contributed by atoms with Crippen LogP contribution in [0.5, 0.6) is 5.75 Å². The van der Waals surface area contributed by atoms with Crippen LogP contribution in [0.25, 0.3) is 0 Å². The van der Waals surface area contributed by atoms with Crippen molar-refractivity contribution in [3.8, 4) is 5.75 Å². The third-order valence-electron chi connectivity index (χ3n) is 4.55. The molecule has 1 aromatic rings. The van der Waals surface area contributed by atoms with Crippen molar-refractivity contribution in [2.45, 2.75) is 39.2 Å². The van der Waals surface area contributed by atoms with Crippen LogP contribution in [0.3, 0.4) is 0 Å². The first-order valence-corrected chi connectivity index (χ1v) is 10.2. The van der Waals surface area contributed by atoms with Crippen LogP contribution in [0.15, 0.2) is 29.3 Å². The largest absolute Gasteiger partial charge is 0.497 e. The Bertz CT molecular complexity index is 660. The molecule has 2 amide bonds. The summed E-state index contributed by atoms with van der Waals surface area (Å²) in [5, 5.41) is 6.59. The molecular weight excluding hydrogens is 372 g/mol. The quantitative estimate of drug-likeness (QED) is 0.238. The minimum atomic E-state index is -0.0718. The van der Waals surface area contributed by atoms with E-state index in [1.165, 1.54) is 4.90 Å². The molecule has 1 aromatic carbocycles. The van der Waals surface area contributed by atoms with Gasteiger partial charge in [0, 0.05) is 45.7 Å². The Morgan fingerprint density at radius 2 is 1.72 bits per heavy atom. The van der Waals surface area contributed by atoms with Crippen molar-refractivity contribution in [3.63, 3.8) is 0 Å². The first-order chi connectivity index (χ1) is 14.1. The van der Waals surface area contributed by atoms with Gasteiger partial charge in [-0.2, -0.15) is 0 Å². The predicted octanol–water partition coefficient (Wildman–Crippen LogP) is 1.70. The molecule has 0 spiro atoms. The van der Waals surface area contributed by atoms with Gasteiger partial charge in [0.1, 0.15) is 5.75 Å². The molecule has 1 heterocycles. The van der Waals surface area contributed by atoms with E-state index >= 15 is 0 Å². The second kappa shape index (κ2) is 12.8. The van der Waals surface area contributed by atoms with Crippen molar-refractivity contribution in [2.24, 2.45) is 4.99 Å². The standard InChI is InChI=1S/C21H32N4O4/c1-3-29-15-5-13-23-21(24-16-17-6-8-18(28-2)9-7-17)22-12-4-14-25-19(26)10-11-20(25)27/h6-9H,3-5,10-16H2,1-2H3,(H2,22,23,24). The highest BCUT2D eigenvalue weighted by atomic mass is 16.5. The van der Waals surface area contributed by atoms with E-state index < -0.39 is 0 Å². The Balaban J connectivity index is 1.82. The second-order valence-corrected chi connectivity index (χ2v) is 6.71. The van der Waals surface area contributed by atoms with Crippen molar-refractivity contribution >= 4 is 17.8 Å². The first kappa shape index (κ1) is 22.7. The van der Waals surface area contributed by atoms with Crippen LogP contribution in [-0.2, 0) is 20.9 Å². The number of imide groups is 1. The number of methoxy groups -OCH3 is 1. The van der Waals surface area contributed by atoms with E-state index in [-0.39, 0.29) is 11.8 Å². The molecule has 8 nitrogen and oxygen atoms in total. The van der Waals surface area contributed by atoms with E-state index in [0.29, 0.717) is 58.1 Å². The average Bonchev–Trinajstić information content (AvgIpc) is 3.06. The number of nitrogens with one attached hydrogen (secondary N) is 2. The smallest absolute Gasteiger partial charge is 0.229 e. The highest BCUT2D eigenvalue weighted by Gasteiger charge is 2.27. The third-order valence-corrected chi connectivity index (χ3v) is 4.55. The van der Waals surface area contributed by atoms with Gasteiger partial charge >= 0.3 is 0 Å². The lowest BCUT2D eigenvalue weighted by Crippen LogP contribution is -2.40. The van der Waals surface area contributed by atoms with Crippen LogP contribution in [-0.4, -0.2) is 62.6 Å². The molecule has 2 rings (SSSR count). The summed E-state index contributed by atoms with van der Waals surface area (Å²) in [6.07, 6.45) is 2.23. The maximum absolute atomic E-state index is 11.7. The van der Waals surface area contributed by atoms with Gasteiger partial charge in [-0.3, -0.25) is 14.5 Å². The summed E-state index contributed by atoms with van der Waals surface area (Å²) in [6.45, 7) is 5.74. The summed E-state index contributed by atoms with van der Waals surface area (Å²) in [5.41, 5.74) is 1.08. The van der Waals surface area contributed by atoms with Gasteiger partial charge in [0.25, 0.3) is 0 Å². The van der Waals surface area contributed by atoms with E-state index in [9.17, 15) is 9.59 Å². The number of nitrogens with zero attached hydrogens (tertiary/aromatic N) is 2. The summed E-state index contributed by atoms with van der Waals surface area (Å²) >= 11 is 0. The Kier molecular flexibility index (Phi) is 9.99. The van der Waals surface area contributed by atoms with Crippen molar-refractivity contribution in [1.82, 2.24) is 15.5 Å². The lowest BCUT2D eigenvalue weighted by molar-refractivity contribution is -0.138. The average molecular weight is 405 g/mol. The third kappa shape index (κ3) is 8.11. The van der Waals surface area contributed by atoms with Crippen LogP contribution in [0.4, 0.5) is 0 Å². The van der Waals surface area contributed by atoms with Crippen LogP contribution in [0.2, 0.25) is 0 Å². The minimum absolute atomic E-state index is 0.0718. The topological polar surface area (TPSA) is 92.3 Å². The molecular formula is C21H32N4O4. The minimum Gasteiger partial charge on any atom is -0.497 e. The molecule has 1 fully saturated rings. The van der Waals surface area contributed by atoms with Gasteiger partial charge in [-0.15, -0.1) is 0 Å². The van der Waals surface area contributed by atoms with Crippen molar-refractivity contribution in [3.05, 3.63) is 29.8 Å². The Labute approximate surface area is 172 Å². The monoisotopic (exact) mass is 404 g/mol. The SMILES string of the molecule is CCOCCCNC(=NCc1ccc(OC)cc1)NCCCN1C(=O)CCC1=O. The van der Waals surface area contributed by atoms with E-state index in [1.54, 1.807) is 7.11 Å². The van der Waals surface area contributed by atoms with Gasteiger partial charge in [-0.1, -0.05) is 12.1 Å². The number of hydrogen-bond donors (Lipinski definition) is 2. The first-order valence-electron chi connectivity index (χ1n) is 10.2. The number of rotatable bonds is 12. The van der Waals surface area contributed by atoms with Gasteiger partial charge in [0.05, 0.1) is 13.7 Å². The maximum Gasteiger partial charge on any atom is 0.229 e. The summed E-state index contributed by atoms with van der Waals surface area (Å²) in [7, 11) is 1.64.